The molecule has 1 atom stereocenters. The Labute approximate surface area is 98.7 Å². The van der Waals surface area contributed by atoms with Crippen molar-refractivity contribution in [3.63, 3.8) is 0 Å². The first kappa shape index (κ1) is 12.1. The number of amides is 1. The fourth-order valence-corrected chi connectivity index (χ4v) is 2.05. The van der Waals surface area contributed by atoms with Crippen molar-refractivity contribution in [1.82, 2.24) is 5.32 Å². The number of hydrogen-bond acceptors (Lipinski definition) is 2. The van der Waals surface area contributed by atoms with Crippen LogP contribution < -0.4 is 5.32 Å². The third-order valence-electron chi connectivity index (χ3n) is 1.61. The van der Waals surface area contributed by atoms with Gasteiger partial charge < -0.3 is 5.32 Å². The van der Waals surface area contributed by atoms with Crippen LogP contribution in [-0.4, -0.2) is 17.2 Å². The molecule has 2 nitrogen and oxygen atoms in total. The summed E-state index contributed by atoms with van der Waals surface area (Å²) in [6.45, 7) is 3.95. The molecule has 4 heteroatoms. The molecule has 1 rings (SSSR count). The van der Waals surface area contributed by atoms with Gasteiger partial charge in [0.05, 0.1) is 0 Å². The van der Waals surface area contributed by atoms with Crippen molar-refractivity contribution in [2.24, 2.45) is 0 Å². The van der Waals surface area contributed by atoms with Gasteiger partial charge in [0.25, 0.3) is 0 Å². The number of alkyl halides is 1. The highest BCUT2D eigenvalue weighted by atomic mass is 35.5. The molecule has 0 spiro atoms. The van der Waals surface area contributed by atoms with E-state index in [1.807, 2.05) is 30.3 Å². The zero-order valence-corrected chi connectivity index (χ0v) is 9.72. The summed E-state index contributed by atoms with van der Waals surface area (Å²) in [7, 11) is 0. The predicted molar refractivity (Wildman–Crippen MR) is 65.1 cm³/mol. The first-order valence-corrected chi connectivity index (χ1v) is 5.80. The van der Waals surface area contributed by atoms with Gasteiger partial charge in [-0.3, -0.25) is 4.79 Å². The predicted octanol–water partition coefficient (Wildman–Crippen LogP) is 2.65. The van der Waals surface area contributed by atoms with Gasteiger partial charge in [0, 0.05) is 11.4 Å². The molecule has 0 aliphatic rings. The average Bonchev–Trinajstić information content (AvgIpc) is 2.27. The van der Waals surface area contributed by atoms with E-state index in [9.17, 15) is 4.79 Å². The maximum atomic E-state index is 11.4. The molecule has 80 valence electrons. The molecule has 0 radical (unpaired) electrons. The molecule has 1 aromatic rings. The third kappa shape index (κ3) is 4.40. The second kappa shape index (κ2) is 6.53. The van der Waals surface area contributed by atoms with Crippen LogP contribution in [0.5, 0.6) is 0 Å². The summed E-state index contributed by atoms with van der Waals surface area (Å²) in [6.07, 6.45) is 1.62. The first-order valence-electron chi connectivity index (χ1n) is 4.48. The van der Waals surface area contributed by atoms with E-state index in [0.29, 0.717) is 6.54 Å². The van der Waals surface area contributed by atoms with Crippen LogP contribution in [0.1, 0.15) is 0 Å². The van der Waals surface area contributed by atoms with E-state index in [1.165, 1.54) is 11.8 Å². The topological polar surface area (TPSA) is 29.1 Å². The van der Waals surface area contributed by atoms with Gasteiger partial charge in [-0.05, 0) is 12.1 Å². The number of halogens is 1. The maximum absolute atomic E-state index is 11.4. The van der Waals surface area contributed by atoms with Gasteiger partial charge in [0.1, 0.15) is 0 Å². The van der Waals surface area contributed by atoms with Gasteiger partial charge in [-0.1, -0.05) is 47.6 Å². The molecule has 1 unspecified atom stereocenters. The summed E-state index contributed by atoms with van der Waals surface area (Å²) in [6, 6.07) is 9.58. The van der Waals surface area contributed by atoms with Crippen LogP contribution in [0.3, 0.4) is 0 Å². The molecule has 1 N–H and O–H groups in total. The summed E-state index contributed by atoms with van der Waals surface area (Å²) in [5.74, 6) is -0.189. The molecule has 0 heterocycles. The fraction of sp³-hybridized carbons (Fsp3) is 0.182. The van der Waals surface area contributed by atoms with E-state index in [2.05, 4.69) is 11.9 Å². The molecule has 0 aliphatic heterocycles. The Morgan fingerprint density at radius 1 is 1.53 bits per heavy atom. The van der Waals surface area contributed by atoms with Crippen molar-refractivity contribution in [3.8, 4) is 0 Å². The van der Waals surface area contributed by atoms with Gasteiger partial charge in [0.15, 0.2) is 4.71 Å². The van der Waals surface area contributed by atoms with E-state index in [4.69, 9.17) is 11.6 Å². The highest BCUT2D eigenvalue weighted by Gasteiger charge is 2.15. The maximum Gasteiger partial charge on any atom is 0.248 e. The molecular formula is C11H12ClNOS. The second-order valence-corrected chi connectivity index (χ2v) is 4.65. The quantitative estimate of drug-likeness (QED) is 0.488. The highest BCUT2D eigenvalue weighted by Crippen LogP contribution is 2.25. The monoisotopic (exact) mass is 241 g/mol. The summed E-state index contributed by atoms with van der Waals surface area (Å²) in [4.78, 5) is 12.4. The molecule has 0 saturated carbocycles. The molecule has 0 bridgehead atoms. The number of nitrogens with one attached hydrogen (secondary N) is 1. The Kier molecular flexibility index (Phi) is 5.29. The Balaban J connectivity index is 2.45. The lowest BCUT2D eigenvalue weighted by Gasteiger charge is -2.08. The Morgan fingerprint density at radius 3 is 2.80 bits per heavy atom. The van der Waals surface area contributed by atoms with Crippen LogP contribution in [0.15, 0.2) is 47.9 Å². The van der Waals surface area contributed by atoms with Crippen molar-refractivity contribution in [2.45, 2.75) is 9.60 Å². The number of carbonyl (C=O) groups is 1. The molecule has 15 heavy (non-hydrogen) atoms. The van der Waals surface area contributed by atoms with E-state index >= 15 is 0 Å². The summed E-state index contributed by atoms with van der Waals surface area (Å²) < 4.78 is -0.604. The Bertz CT molecular complexity index is 329. The van der Waals surface area contributed by atoms with Crippen molar-refractivity contribution in [2.75, 3.05) is 6.54 Å². The minimum Gasteiger partial charge on any atom is -0.351 e. The van der Waals surface area contributed by atoms with E-state index in [-0.39, 0.29) is 5.91 Å². The lowest BCUT2D eigenvalue weighted by molar-refractivity contribution is -0.119. The Hall–Kier alpha value is -0.930. The van der Waals surface area contributed by atoms with Crippen LogP contribution in [0.4, 0.5) is 0 Å². The van der Waals surface area contributed by atoms with Crippen molar-refractivity contribution in [1.29, 1.82) is 0 Å². The van der Waals surface area contributed by atoms with Crippen LogP contribution in [-0.2, 0) is 4.79 Å². The summed E-state index contributed by atoms with van der Waals surface area (Å²) >= 11 is 7.24. The summed E-state index contributed by atoms with van der Waals surface area (Å²) in [5.41, 5.74) is 0. The zero-order chi connectivity index (χ0) is 11.1. The number of carbonyl (C=O) groups excluding carboxylic acids is 1. The normalized spacial score (nSPS) is 11.8. The standard InChI is InChI=1S/C11H12ClNOS/c1-2-8-13-11(14)10(12)15-9-6-4-3-5-7-9/h2-7,10H,1,8H2,(H,13,14). The SMILES string of the molecule is C=CCNC(=O)C(Cl)Sc1ccccc1. The average molecular weight is 242 g/mol. The number of benzene rings is 1. The molecule has 1 amide bonds. The van der Waals surface area contributed by atoms with Crippen LogP contribution in [0.2, 0.25) is 0 Å². The van der Waals surface area contributed by atoms with Gasteiger partial charge in [-0.2, -0.15) is 0 Å². The minimum absolute atomic E-state index is 0.189. The molecule has 1 aromatic carbocycles. The van der Waals surface area contributed by atoms with Gasteiger partial charge in [0.2, 0.25) is 5.91 Å². The van der Waals surface area contributed by atoms with Crippen LogP contribution >= 0.6 is 23.4 Å². The molecular weight excluding hydrogens is 230 g/mol. The highest BCUT2D eigenvalue weighted by molar-refractivity contribution is 8.01. The van der Waals surface area contributed by atoms with Crippen LogP contribution in [0, 0.1) is 0 Å². The van der Waals surface area contributed by atoms with E-state index < -0.39 is 4.71 Å². The van der Waals surface area contributed by atoms with Gasteiger partial charge >= 0.3 is 0 Å². The first-order chi connectivity index (χ1) is 7.24. The third-order valence-corrected chi connectivity index (χ3v) is 3.04. The lowest BCUT2D eigenvalue weighted by Crippen LogP contribution is -2.29. The number of rotatable bonds is 5. The summed E-state index contributed by atoms with van der Waals surface area (Å²) in [5, 5.41) is 2.64. The Morgan fingerprint density at radius 2 is 2.20 bits per heavy atom. The molecule has 0 fully saturated rings. The molecule has 0 aliphatic carbocycles. The molecule has 0 aromatic heterocycles. The zero-order valence-electron chi connectivity index (χ0n) is 8.15. The van der Waals surface area contributed by atoms with Crippen LogP contribution in [0.25, 0.3) is 0 Å². The van der Waals surface area contributed by atoms with E-state index in [0.717, 1.165) is 4.90 Å². The lowest BCUT2D eigenvalue weighted by atomic mass is 10.4. The molecule has 0 saturated heterocycles. The van der Waals surface area contributed by atoms with Gasteiger partial charge in [-0.15, -0.1) is 6.58 Å². The number of thioether (sulfide) groups is 1. The smallest absolute Gasteiger partial charge is 0.248 e. The van der Waals surface area contributed by atoms with Crippen molar-refractivity contribution in [3.05, 3.63) is 43.0 Å². The van der Waals surface area contributed by atoms with E-state index in [1.54, 1.807) is 6.08 Å². The minimum atomic E-state index is -0.604. The largest absolute Gasteiger partial charge is 0.351 e. The second-order valence-electron chi connectivity index (χ2n) is 2.78. The van der Waals surface area contributed by atoms with Crippen molar-refractivity contribution >= 4 is 29.3 Å². The van der Waals surface area contributed by atoms with Crippen molar-refractivity contribution < 1.29 is 4.79 Å². The number of hydrogen-bond donors (Lipinski definition) is 1. The fourth-order valence-electron chi connectivity index (χ4n) is 0.925. The van der Waals surface area contributed by atoms with Gasteiger partial charge in [-0.25, -0.2) is 0 Å².